The smallest absolute Gasteiger partial charge is 0.238 e. The summed E-state index contributed by atoms with van der Waals surface area (Å²) in [7, 11) is -3.53. The fourth-order valence-electron chi connectivity index (χ4n) is 2.22. The number of hydrogen-bond donors (Lipinski definition) is 1. The van der Waals surface area contributed by atoms with Crippen LogP contribution in [0, 0.1) is 13.8 Å². The van der Waals surface area contributed by atoms with Crippen molar-refractivity contribution in [2.75, 3.05) is 4.72 Å². The minimum Gasteiger partial charge on any atom is -0.257 e. The summed E-state index contributed by atoms with van der Waals surface area (Å²) in [6.07, 6.45) is 0. The molecule has 0 saturated heterocycles. The van der Waals surface area contributed by atoms with Crippen molar-refractivity contribution in [3.63, 3.8) is 0 Å². The predicted molar refractivity (Wildman–Crippen MR) is 97.5 cm³/mol. The van der Waals surface area contributed by atoms with E-state index < -0.39 is 10.0 Å². The van der Waals surface area contributed by atoms with Crippen LogP contribution in [0.1, 0.15) is 16.7 Å². The molecule has 3 aromatic rings. The van der Waals surface area contributed by atoms with Gasteiger partial charge in [-0.05, 0) is 25.0 Å². The van der Waals surface area contributed by atoms with Crippen molar-refractivity contribution in [2.45, 2.75) is 19.6 Å². The summed E-state index contributed by atoms with van der Waals surface area (Å²) in [4.78, 5) is 0. The Morgan fingerprint density at radius 3 is 2.42 bits per heavy atom. The third-order valence-electron chi connectivity index (χ3n) is 3.57. The Morgan fingerprint density at radius 1 is 1.00 bits per heavy atom. The van der Waals surface area contributed by atoms with Gasteiger partial charge < -0.3 is 0 Å². The molecular weight excluding hydrogens is 342 g/mol. The molecule has 0 atom stereocenters. The standard InChI is InChI=1S/C17H17N3O2S2/c1-12-7-9-14(10-8-12)16-18-19-17(23-16)20-24(21,22)11-15-6-4-3-5-13(15)2/h3-10H,11H2,1-2H3,(H,19,20). The molecule has 1 aromatic heterocycles. The Balaban J connectivity index is 1.76. The molecule has 7 heteroatoms. The summed E-state index contributed by atoms with van der Waals surface area (Å²) in [6.45, 7) is 3.90. The van der Waals surface area contributed by atoms with Crippen LogP contribution in [0.4, 0.5) is 5.13 Å². The maximum absolute atomic E-state index is 12.3. The highest BCUT2D eigenvalue weighted by Crippen LogP contribution is 2.27. The van der Waals surface area contributed by atoms with E-state index in [1.165, 1.54) is 11.3 Å². The molecule has 0 spiro atoms. The van der Waals surface area contributed by atoms with Crippen LogP contribution in [-0.4, -0.2) is 18.6 Å². The molecule has 0 aliphatic heterocycles. The van der Waals surface area contributed by atoms with Gasteiger partial charge in [-0.2, -0.15) is 0 Å². The van der Waals surface area contributed by atoms with E-state index in [2.05, 4.69) is 14.9 Å². The summed E-state index contributed by atoms with van der Waals surface area (Å²) in [5.74, 6) is -0.0842. The lowest BCUT2D eigenvalue weighted by molar-refractivity contribution is 0.600. The molecule has 1 N–H and O–H groups in total. The third kappa shape index (κ3) is 3.98. The Labute approximate surface area is 145 Å². The van der Waals surface area contributed by atoms with E-state index in [0.29, 0.717) is 5.01 Å². The minimum absolute atomic E-state index is 0.0842. The third-order valence-corrected chi connectivity index (χ3v) is 5.79. The van der Waals surface area contributed by atoms with Crippen molar-refractivity contribution >= 4 is 26.5 Å². The van der Waals surface area contributed by atoms with Crippen LogP contribution in [0.2, 0.25) is 0 Å². The largest absolute Gasteiger partial charge is 0.257 e. The van der Waals surface area contributed by atoms with Crippen molar-refractivity contribution in [3.05, 3.63) is 65.2 Å². The molecule has 1 heterocycles. The molecule has 0 unspecified atom stereocenters. The number of nitrogens with zero attached hydrogens (tertiary/aromatic N) is 2. The number of anilines is 1. The molecule has 0 aliphatic carbocycles. The van der Waals surface area contributed by atoms with Crippen LogP contribution < -0.4 is 4.72 Å². The molecule has 124 valence electrons. The molecule has 0 saturated carbocycles. The molecular formula is C17H17N3O2S2. The summed E-state index contributed by atoms with van der Waals surface area (Å²) >= 11 is 1.22. The summed E-state index contributed by atoms with van der Waals surface area (Å²) in [5.41, 5.74) is 3.79. The van der Waals surface area contributed by atoms with Crippen LogP contribution >= 0.6 is 11.3 Å². The van der Waals surface area contributed by atoms with Gasteiger partial charge in [-0.3, -0.25) is 4.72 Å². The zero-order valence-corrected chi connectivity index (χ0v) is 15.0. The zero-order valence-electron chi connectivity index (χ0n) is 13.4. The van der Waals surface area contributed by atoms with Crippen LogP contribution in [-0.2, 0) is 15.8 Å². The molecule has 5 nitrogen and oxygen atoms in total. The van der Waals surface area contributed by atoms with Gasteiger partial charge in [0.25, 0.3) is 0 Å². The second-order valence-electron chi connectivity index (χ2n) is 5.57. The number of sulfonamides is 1. The number of aryl methyl sites for hydroxylation is 2. The Kier molecular flexibility index (Phi) is 4.64. The topological polar surface area (TPSA) is 72.0 Å². The summed E-state index contributed by atoms with van der Waals surface area (Å²) in [5, 5.41) is 8.97. The fraction of sp³-hybridized carbons (Fsp3) is 0.176. The van der Waals surface area contributed by atoms with Crippen molar-refractivity contribution in [1.82, 2.24) is 10.2 Å². The lowest BCUT2D eigenvalue weighted by Gasteiger charge is -2.07. The fourth-order valence-corrected chi connectivity index (χ4v) is 4.48. The number of aromatic nitrogens is 2. The van der Waals surface area contributed by atoms with E-state index in [0.717, 1.165) is 22.3 Å². The molecule has 2 aromatic carbocycles. The van der Waals surface area contributed by atoms with Gasteiger partial charge in [0.2, 0.25) is 15.2 Å². The maximum atomic E-state index is 12.3. The van der Waals surface area contributed by atoms with Crippen LogP contribution in [0.5, 0.6) is 0 Å². The van der Waals surface area contributed by atoms with Gasteiger partial charge in [0.1, 0.15) is 5.01 Å². The Morgan fingerprint density at radius 2 is 1.71 bits per heavy atom. The molecule has 3 rings (SSSR count). The first-order chi connectivity index (χ1) is 11.4. The zero-order chi connectivity index (χ0) is 17.2. The Hall–Kier alpha value is -2.25. The molecule has 0 amide bonds. The monoisotopic (exact) mass is 359 g/mol. The first-order valence-corrected chi connectivity index (χ1v) is 9.85. The second kappa shape index (κ2) is 6.70. The molecule has 0 radical (unpaired) electrons. The lowest BCUT2D eigenvalue weighted by atomic mass is 10.1. The quantitative estimate of drug-likeness (QED) is 0.753. The first-order valence-electron chi connectivity index (χ1n) is 7.38. The second-order valence-corrected chi connectivity index (χ2v) is 8.27. The minimum atomic E-state index is -3.53. The molecule has 0 bridgehead atoms. The van der Waals surface area contributed by atoms with Gasteiger partial charge >= 0.3 is 0 Å². The lowest BCUT2D eigenvalue weighted by Crippen LogP contribution is -2.15. The van der Waals surface area contributed by atoms with E-state index in [1.54, 1.807) is 0 Å². The maximum Gasteiger partial charge on any atom is 0.238 e. The average molecular weight is 359 g/mol. The van der Waals surface area contributed by atoms with Gasteiger partial charge in [-0.1, -0.05) is 65.4 Å². The van der Waals surface area contributed by atoms with Gasteiger partial charge in [0, 0.05) is 5.56 Å². The number of hydrogen-bond acceptors (Lipinski definition) is 5. The van der Waals surface area contributed by atoms with Gasteiger partial charge in [0.05, 0.1) is 5.75 Å². The summed E-state index contributed by atoms with van der Waals surface area (Å²) in [6, 6.07) is 15.3. The van der Waals surface area contributed by atoms with E-state index in [9.17, 15) is 8.42 Å². The normalized spacial score (nSPS) is 11.4. The highest BCUT2D eigenvalue weighted by atomic mass is 32.2. The van der Waals surface area contributed by atoms with E-state index >= 15 is 0 Å². The van der Waals surface area contributed by atoms with Gasteiger partial charge in [0.15, 0.2) is 0 Å². The van der Waals surface area contributed by atoms with Crippen molar-refractivity contribution in [2.24, 2.45) is 0 Å². The average Bonchev–Trinajstić information content (AvgIpc) is 2.98. The van der Waals surface area contributed by atoms with Crippen LogP contribution in [0.25, 0.3) is 10.6 Å². The van der Waals surface area contributed by atoms with E-state index in [4.69, 9.17) is 0 Å². The van der Waals surface area contributed by atoms with Crippen molar-refractivity contribution in [1.29, 1.82) is 0 Å². The highest BCUT2D eigenvalue weighted by Gasteiger charge is 2.16. The van der Waals surface area contributed by atoms with Gasteiger partial charge in [-0.25, -0.2) is 8.42 Å². The Bertz CT molecular complexity index is 948. The van der Waals surface area contributed by atoms with Crippen molar-refractivity contribution in [3.8, 4) is 10.6 Å². The predicted octanol–water partition coefficient (Wildman–Crippen LogP) is 3.76. The number of nitrogens with one attached hydrogen (secondary N) is 1. The van der Waals surface area contributed by atoms with Gasteiger partial charge in [-0.15, -0.1) is 10.2 Å². The van der Waals surface area contributed by atoms with E-state index in [1.807, 2.05) is 62.4 Å². The van der Waals surface area contributed by atoms with Crippen molar-refractivity contribution < 1.29 is 8.42 Å². The summed E-state index contributed by atoms with van der Waals surface area (Å²) < 4.78 is 27.2. The SMILES string of the molecule is Cc1ccc(-c2nnc(NS(=O)(=O)Cc3ccccc3C)s2)cc1. The van der Waals surface area contributed by atoms with Crippen LogP contribution in [0.3, 0.4) is 0 Å². The highest BCUT2D eigenvalue weighted by molar-refractivity contribution is 7.92. The molecule has 0 fully saturated rings. The number of rotatable bonds is 5. The van der Waals surface area contributed by atoms with Crippen LogP contribution in [0.15, 0.2) is 48.5 Å². The van der Waals surface area contributed by atoms with E-state index in [-0.39, 0.29) is 10.9 Å². The number of benzene rings is 2. The molecule has 0 aliphatic rings. The first kappa shape index (κ1) is 16.6. The molecule has 24 heavy (non-hydrogen) atoms.